The Hall–Kier alpha value is -0.870. The molecule has 0 bridgehead atoms. The van der Waals surface area contributed by atoms with Gasteiger partial charge < -0.3 is 4.74 Å². The van der Waals surface area contributed by atoms with E-state index >= 15 is 0 Å². The molecular formula is C13H19NO2S. The van der Waals surface area contributed by atoms with E-state index in [1.165, 1.54) is 37.7 Å². The quantitative estimate of drug-likeness (QED) is 0.820. The van der Waals surface area contributed by atoms with Gasteiger partial charge in [0.25, 0.3) is 0 Å². The Balaban J connectivity index is 1.99. The molecule has 1 atom stereocenters. The molecule has 17 heavy (non-hydrogen) atoms. The van der Waals surface area contributed by atoms with Gasteiger partial charge in [-0.3, -0.25) is 10.1 Å². The minimum Gasteiger partial charge on any atom is -0.468 e. The maximum atomic E-state index is 11.2. The van der Waals surface area contributed by atoms with E-state index in [-0.39, 0.29) is 5.97 Å². The first kappa shape index (κ1) is 12.6. The Morgan fingerprint density at radius 2 is 2.35 bits per heavy atom. The van der Waals surface area contributed by atoms with Crippen molar-refractivity contribution in [1.29, 1.82) is 0 Å². The van der Waals surface area contributed by atoms with Gasteiger partial charge >= 0.3 is 5.97 Å². The fourth-order valence-corrected chi connectivity index (χ4v) is 3.42. The summed E-state index contributed by atoms with van der Waals surface area (Å²) in [6.45, 7) is 0.301. The number of hydrogen-bond acceptors (Lipinski definition) is 4. The lowest BCUT2D eigenvalue weighted by molar-refractivity contribution is -0.139. The van der Waals surface area contributed by atoms with Crippen LogP contribution in [0.3, 0.4) is 0 Å². The maximum absolute atomic E-state index is 11.2. The topological polar surface area (TPSA) is 38.3 Å². The number of carbonyl (C=O) groups is 1. The maximum Gasteiger partial charge on any atom is 0.319 e. The highest BCUT2D eigenvalue weighted by Gasteiger charge is 2.27. The monoisotopic (exact) mass is 253 g/mol. The van der Waals surface area contributed by atoms with Crippen molar-refractivity contribution in [1.82, 2.24) is 5.32 Å². The summed E-state index contributed by atoms with van der Waals surface area (Å²) in [6.07, 6.45) is 5.15. The van der Waals surface area contributed by atoms with E-state index in [4.69, 9.17) is 0 Å². The molecule has 1 N–H and O–H groups in total. The molecule has 1 heterocycles. The second kappa shape index (κ2) is 6.17. The molecule has 1 aliphatic carbocycles. The van der Waals surface area contributed by atoms with Crippen LogP contribution in [-0.2, 0) is 9.53 Å². The van der Waals surface area contributed by atoms with E-state index in [1.54, 1.807) is 11.3 Å². The average Bonchev–Trinajstić information content (AvgIpc) is 3.01. The molecule has 0 saturated heterocycles. The number of methoxy groups -OCH3 is 1. The highest BCUT2D eigenvalue weighted by atomic mass is 32.1. The van der Waals surface area contributed by atoms with Crippen LogP contribution in [0, 0.1) is 5.92 Å². The predicted octanol–water partition coefficient (Wildman–Crippen LogP) is 2.74. The van der Waals surface area contributed by atoms with Crippen LogP contribution in [0.1, 0.15) is 36.6 Å². The zero-order chi connectivity index (χ0) is 12.1. The molecule has 0 spiro atoms. The van der Waals surface area contributed by atoms with Gasteiger partial charge in [0, 0.05) is 10.9 Å². The summed E-state index contributed by atoms with van der Waals surface area (Å²) >= 11 is 1.76. The van der Waals surface area contributed by atoms with Crippen molar-refractivity contribution in [2.45, 2.75) is 31.7 Å². The van der Waals surface area contributed by atoms with Gasteiger partial charge in [-0.25, -0.2) is 0 Å². The van der Waals surface area contributed by atoms with E-state index in [0.29, 0.717) is 18.5 Å². The Bertz CT molecular complexity index is 344. The van der Waals surface area contributed by atoms with Crippen molar-refractivity contribution in [3.8, 4) is 0 Å². The lowest BCUT2D eigenvalue weighted by atomic mass is 9.97. The van der Waals surface area contributed by atoms with Gasteiger partial charge in [-0.15, -0.1) is 11.3 Å². The summed E-state index contributed by atoms with van der Waals surface area (Å²) in [5, 5.41) is 5.45. The number of carbonyl (C=O) groups excluding carboxylic acids is 1. The van der Waals surface area contributed by atoms with Crippen molar-refractivity contribution < 1.29 is 9.53 Å². The van der Waals surface area contributed by atoms with Crippen molar-refractivity contribution in [2.75, 3.05) is 13.7 Å². The SMILES string of the molecule is COC(=O)CNC(c1cccs1)C1CCCC1. The van der Waals surface area contributed by atoms with Crippen molar-refractivity contribution in [3.05, 3.63) is 22.4 Å². The van der Waals surface area contributed by atoms with Gasteiger partial charge in [-0.05, 0) is 30.2 Å². The van der Waals surface area contributed by atoms with Crippen molar-refractivity contribution in [3.63, 3.8) is 0 Å². The van der Waals surface area contributed by atoms with Crippen LogP contribution in [0.15, 0.2) is 17.5 Å². The first-order valence-electron chi connectivity index (χ1n) is 6.15. The highest BCUT2D eigenvalue weighted by molar-refractivity contribution is 7.10. The van der Waals surface area contributed by atoms with Crippen LogP contribution >= 0.6 is 11.3 Å². The van der Waals surface area contributed by atoms with E-state index in [9.17, 15) is 4.79 Å². The van der Waals surface area contributed by atoms with Crippen LogP contribution in [0.2, 0.25) is 0 Å². The number of rotatable bonds is 5. The van der Waals surface area contributed by atoms with Gasteiger partial charge in [0.2, 0.25) is 0 Å². The Kier molecular flexibility index (Phi) is 4.57. The van der Waals surface area contributed by atoms with E-state index in [0.717, 1.165) is 0 Å². The summed E-state index contributed by atoms with van der Waals surface area (Å²) in [6, 6.07) is 4.54. The van der Waals surface area contributed by atoms with Gasteiger partial charge in [0.1, 0.15) is 0 Å². The first-order chi connectivity index (χ1) is 8.31. The van der Waals surface area contributed by atoms with E-state index < -0.39 is 0 Å². The molecular weight excluding hydrogens is 234 g/mol. The third kappa shape index (κ3) is 3.30. The lowest BCUT2D eigenvalue weighted by Crippen LogP contribution is -2.31. The molecule has 3 nitrogen and oxygen atoms in total. The average molecular weight is 253 g/mol. The third-order valence-corrected chi connectivity index (χ3v) is 4.37. The lowest BCUT2D eigenvalue weighted by Gasteiger charge is -2.23. The second-order valence-corrected chi connectivity index (χ2v) is 5.47. The Morgan fingerprint density at radius 1 is 1.59 bits per heavy atom. The molecule has 0 amide bonds. The molecule has 2 rings (SSSR count). The van der Waals surface area contributed by atoms with Crippen molar-refractivity contribution in [2.24, 2.45) is 5.92 Å². The molecule has 1 aromatic heterocycles. The summed E-state index contributed by atoms with van der Waals surface area (Å²) in [4.78, 5) is 12.6. The molecule has 0 aromatic carbocycles. The largest absolute Gasteiger partial charge is 0.468 e. The van der Waals surface area contributed by atoms with Gasteiger partial charge in [-0.1, -0.05) is 18.9 Å². The fraction of sp³-hybridized carbons (Fsp3) is 0.615. The second-order valence-electron chi connectivity index (χ2n) is 4.49. The molecule has 1 saturated carbocycles. The molecule has 0 aliphatic heterocycles. The Morgan fingerprint density at radius 3 is 2.94 bits per heavy atom. The molecule has 4 heteroatoms. The van der Waals surface area contributed by atoms with Crippen LogP contribution < -0.4 is 5.32 Å². The summed E-state index contributed by atoms with van der Waals surface area (Å²) in [5.41, 5.74) is 0. The standard InChI is InChI=1S/C13H19NO2S/c1-16-12(15)9-14-13(10-5-2-3-6-10)11-7-4-8-17-11/h4,7-8,10,13-14H,2-3,5-6,9H2,1H3. The van der Waals surface area contributed by atoms with Crippen LogP contribution in [0.4, 0.5) is 0 Å². The molecule has 0 radical (unpaired) electrons. The molecule has 1 aliphatic rings. The smallest absolute Gasteiger partial charge is 0.319 e. The van der Waals surface area contributed by atoms with Gasteiger partial charge in [-0.2, -0.15) is 0 Å². The number of ether oxygens (including phenoxy) is 1. The number of nitrogens with one attached hydrogen (secondary N) is 1. The summed E-state index contributed by atoms with van der Waals surface area (Å²) in [7, 11) is 1.43. The van der Waals surface area contributed by atoms with Crippen molar-refractivity contribution >= 4 is 17.3 Å². The van der Waals surface area contributed by atoms with Crippen LogP contribution in [-0.4, -0.2) is 19.6 Å². The van der Waals surface area contributed by atoms with Crippen LogP contribution in [0.5, 0.6) is 0 Å². The van der Waals surface area contributed by atoms with Crippen LogP contribution in [0.25, 0.3) is 0 Å². The zero-order valence-electron chi connectivity index (χ0n) is 10.1. The molecule has 1 unspecified atom stereocenters. The minimum atomic E-state index is -0.190. The van der Waals surface area contributed by atoms with Gasteiger partial charge in [0.15, 0.2) is 0 Å². The fourth-order valence-electron chi connectivity index (χ4n) is 2.52. The molecule has 94 valence electrons. The summed E-state index contributed by atoms with van der Waals surface area (Å²) in [5.74, 6) is 0.475. The number of thiophene rings is 1. The molecule has 1 aromatic rings. The Labute approximate surface area is 106 Å². The summed E-state index contributed by atoms with van der Waals surface area (Å²) < 4.78 is 4.68. The highest BCUT2D eigenvalue weighted by Crippen LogP contribution is 2.37. The zero-order valence-corrected chi connectivity index (χ0v) is 11.0. The first-order valence-corrected chi connectivity index (χ1v) is 7.03. The number of esters is 1. The molecule has 1 fully saturated rings. The van der Waals surface area contributed by atoms with E-state index in [2.05, 4.69) is 27.6 Å². The van der Waals surface area contributed by atoms with E-state index in [1.807, 2.05) is 0 Å². The third-order valence-electron chi connectivity index (χ3n) is 3.41. The predicted molar refractivity (Wildman–Crippen MR) is 69.0 cm³/mol. The minimum absolute atomic E-state index is 0.190. The normalized spacial score (nSPS) is 18.2. The van der Waals surface area contributed by atoms with Gasteiger partial charge in [0.05, 0.1) is 13.7 Å². The number of hydrogen-bond donors (Lipinski definition) is 1.